The number of benzene rings is 1. The van der Waals surface area contributed by atoms with Crippen molar-refractivity contribution in [1.82, 2.24) is 14.3 Å². The molecule has 156 valence electrons. The molecule has 5 nitrogen and oxygen atoms in total. The Balaban J connectivity index is 1.53. The molecule has 3 aromatic heterocycles. The molecule has 1 N–H and O–H groups in total. The number of aromatic nitrogens is 3. The molecule has 1 fully saturated rings. The molecular formula is C22H15F3N4OS. The van der Waals surface area contributed by atoms with E-state index in [4.69, 9.17) is 0 Å². The molecule has 9 heteroatoms. The van der Waals surface area contributed by atoms with Gasteiger partial charge < -0.3 is 5.32 Å². The largest absolute Gasteiger partial charge is 0.433 e. The fourth-order valence-electron chi connectivity index (χ4n) is 3.57. The van der Waals surface area contributed by atoms with Crippen molar-refractivity contribution in [2.24, 2.45) is 0 Å². The highest BCUT2D eigenvalue weighted by Crippen LogP contribution is 2.48. The quantitative estimate of drug-likeness (QED) is 0.429. The Labute approximate surface area is 179 Å². The van der Waals surface area contributed by atoms with E-state index >= 15 is 0 Å². The SMILES string of the molecule is O=C(Nc1ccnc(C(F)(F)F)c1)c1snc(-c2cccc3ncccc23)c1C1CC1. The van der Waals surface area contributed by atoms with Crippen molar-refractivity contribution in [2.45, 2.75) is 24.9 Å². The van der Waals surface area contributed by atoms with Crippen LogP contribution in [0.4, 0.5) is 18.9 Å². The third-order valence-electron chi connectivity index (χ3n) is 5.13. The maximum atomic E-state index is 13.0. The minimum atomic E-state index is -4.58. The van der Waals surface area contributed by atoms with Gasteiger partial charge in [0.25, 0.3) is 5.91 Å². The van der Waals surface area contributed by atoms with Gasteiger partial charge in [0.2, 0.25) is 0 Å². The third-order valence-corrected chi connectivity index (χ3v) is 5.99. The fraction of sp³-hybridized carbons (Fsp3) is 0.182. The van der Waals surface area contributed by atoms with E-state index in [9.17, 15) is 18.0 Å². The summed E-state index contributed by atoms with van der Waals surface area (Å²) < 4.78 is 43.4. The summed E-state index contributed by atoms with van der Waals surface area (Å²) in [6, 6.07) is 11.7. The molecular weight excluding hydrogens is 425 g/mol. The molecule has 1 aliphatic carbocycles. The number of rotatable bonds is 4. The fourth-order valence-corrected chi connectivity index (χ4v) is 4.44. The van der Waals surface area contributed by atoms with Crippen molar-refractivity contribution in [1.29, 1.82) is 0 Å². The van der Waals surface area contributed by atoms with Gasteiger partial charge in [-0.3, -0.25) is 14.8 Å². The van der Waals surface area contributed by atoms with E-state index in [0.717, 1.165) is 64.4 Å². The first-order valence-corrected chi connectivity index (χ1v) is 10.4. The van der Waals surface area contributed by atoms with Gasteiger partial charge in [-0.2, -0.15) is 17.5 Å². The van der Waals surface area contributed by atoms with Crippen LogP contribution < -0.4 is 5.32 Å². The van der Waals surface area contributed by atoms with Gasteiger partial charge in [0.15, 0.2) is 0 Å². The molecule has 5 rings (SSSR count). The maximum Gasteiger partial charge on any atom is 0.433 e. The third kappa shape index (κ3) is 3.76. The van der Waals surface area contributed by atoms with Crippen molar-refractivity contribution < 1.29 is 18.0 Å². The van der Waals surface area contributed by atoms with Crippen LogP contribution in [0.1, 0.15) is 39.7 Å². The first-order chi connectivity index (χ1) is 14.9. The number of hydrogen-bond acceptors (Lipinski definition) is 5. The lowest BCUT2D eigenvalue weighted by Crippen LogP contribution is -2.14. The second-order valence-corrected chi connectivity index (χ2v) is 8.08. The minimum Gasteiger partial charge on any atom is -0.321 e. The van der Waals surface area contributed by atoms with Crippen LogP contribution in [0.3, 0.4) is 0 Å². The lowest BCUT2D eigenvalue weighted by molar-refractivity contribution is -0.141. The summed E-state index contributed by atoms with van der Waals surface area (Å²) in [5.41, 5.74) is 2.30. The van der Waals surface area contributed by atoms with Crippen molar-refractivity contribution >= 4 is 34.0 Å². The van der Waals surface area contributed by atoms with E-state index in [1.165, 1.54) is 6.07 Å². The van der Waals surface area contributed by atoms with Gasteiger partial charge >= 0.3 is 6.18 Å². The van der Waals surface area contributed by atoms with E-state index in [-0.39, 0.29) is 11.6 Å². The molecule has 0 bridgehead atoms. The Kier molecular flexibility index (Phi) is 4.70. The van der Waals surface area contributed by atoms with Crippen LogP contribution in [-0.4, -0.2) is 20.2 Å². The Bertz CT molecular complexity index is 1290. The van der Waals surface area contributed by atoms with Crippen molar-refractivity contribution in [3.63, 3.8) is 0 Å². The molecule has 0 unspecified atom stereocenters. The van der Waals surface area contributed by atoms with Gasteiger partial charge in [-0.15, -0.1) is 0 Å². The monoisotopic (exact) mass is 440 g/mol. The van der Waals surface area contributed by atoms with Crippen molar-refractivity contribution in [2.75, 3.05) is 5.32 Å². The Hall–Kier alpha value is -3.33. The summed E-state index contributed by atoms with van der Waals surface area (Å²) in [5, 5.41) is 3.51. The van der Waals surface area contributed by atoms with Crippen molar-refractivity contribution in [3.8, 4) is 11.3 Å². The second kappa shape index (κ2) is 7.42. The number of nitrogens with one attached hydrogen (secondary N) is 1. The number of anilines is 1. The summed E-state index contributed by atoms with van der Waals surface area (Å²) in [7, 11) is 0. The van der Waals surface area contributed by atoms with Crippen LogP contribution >= 0.6 is 11.5 Å². The molecule has 0 saturated heterocycles. The maximum absolute atomic E-state index is 13.0. The number of pyridine rings is 2. The summed E-state index contributed by atoms with van der Waals surface area (Å²) in [5.74, 6) is -0.257. The molecule has 4 aromatic rings. The molecule has 0 radical (unpaired) electrons. The van der Waals surface area contributed by atoms with Gasteiger partial charge in [-0.1, -0.05) is 18.2 Å². The number of fused-ring (bicyclic) bond motifs is 1. The number of halogens is 3. The van der Waals surface area contributed by atoms with E-state index in [1.54, 1.807) is 6.20 Å². The van der Waals surface area contributed by atoms with Crippen LogP contribution in [0, 0.1) is 0 Å². The number of carbonyl (C=O) groups excluding carboxylic acids is 1. The van der Waals surface area contributed by atoms with Gasteiger partial charge in [0.05, 0.1) is 11.2 Å². The number of amides is 1. The molecule has 0 aliphatic heterocycles. The molecule has 1 aliphatic rings. The smallest absolute Gasteiger partial charge is 0.321 e. The highest BCUT2D eigenvalue weighted by Gasteiger charge is 2.35. The van der Waals surface area contributed by atoms with Gasteiger partial charge in [0.1, 0.15) is 10.6 Å². The van der Waals surface area contributed by atoms with Gasteiger partial charge in [-0.25, -0.2) is 0 Å². The summed E-state index contributed by atoms with van der Waals surface area (Å²) >= 11 is 1.06. The number of carbonyl (C=O) groups is 1. The number of alkyl halides is 3. The first kappa shape index (κ1) is 19.6. The highest BCUT2D eigenvalue weighted by atomic mass is 32.1. The Morgan fingerprint density at radius 2 is 1.90 bits per heavy atom. The van der Waals surface area contributed by atoms with Crippen LogP contribution in [0.2, 0.25) is 0 Å². The van der Waals surface area contributed by atoms with E-state index in [1.807, 2.05) is 30.3 Å². The molecule has 1 aromatic carbocycles. The average molecular weight is 440 g/mol. The molecule has 1 saturated carbocycles. The molecule has 3 heterocycles. The molecule has 1 amide bonds. The predicted molar refractivity (Wildman–Crippen MR) is 112 cm³/mol. The second-order valence-electron chi connectivity index (χ2n) is 7.31. The lowest BCUT2D eigenvalue weighted by atomic mass is 9.99. The summed E-state index contributed by atoms with van der Waals surface area (Å²) in [4.78, 5) is 21.1. The van der Waals surface area contributed by atoms with Crippen LogP contribution in [-0.2, 0) is 6.18 Å². The van der Waals surface area contributed by atoms with Crippen LogP contribution in [0.15, 0.2) is 54.9 Å². The molecule has 0 spiro atoms. The molecule has 0 atom stereocenters. The predicted octanol–water partition coefficient (Wildman–Crippen LogP) is 5.90. The Morgan fingerprint density at radius 3 is 2.68 bits per heavy atom. The Morgan fingerprint density at radius 1 is 1.06 bits per heavy atom. The topological polar surface area (TPSA) is 67.8 Å². The van der Waals surface area contributed by atoms with Crippen molar-refractivity contribution in [3.05, 3.63) is 71.0 Å². The zero-order valence-electron chi connectivity index (χ0n) is 16.0. The lowest BCUT2D eigenvalue weighted by Gasteiger charge is -2.10. The van der Waals surface area contributed by atoms with E-state index < -0.39 is 17.8 Å². The number of nitrogens with zero attached hydrogens (tertiary/aromatic N) is 3. The zero-order chi connectivity index (χ0) is 21.6. The van der Waals surface area contributed by atoms with E-state index in [0.29, 0.717) is 4.88 Å². The number of hydrogen-bond donors (Lipinski definition) is 1. The van der Waals surface area contributed by atoms with Crippen LogP contribution in [0.25, 0.3) is 22.2 Å². The van der Waals surface area contributed by atoms with Gasteiger partial charge in [-0.05, 0) is 54.6 Å². The van der Waals surface area contributed by atoms with Crippen LogP contribution in [0.5, 0.6) is 0 Å². The minimum absolute atomic E-state index is 0.0402. The first-order valence-electron chi connectivity index (χ1n) is 9.60. The normalized spacial score (nSPS) is 14.0. The molecule has 31 heavy (non-hydrogen) atoms. The summed E-state index contributed by atoms with van der Waals surface area (Å²) in [6.45, 7) is 0. The standard InChI is InChI=1S/C22H15F3N4OS/c23-22(24,25)17-11-13(8-10-27-17)28-21(30)20-18(12-6-7-12)19(29-31-20)15-3-1-5-16-14(15)4-2-9-26-16/h1-5,8-12H,6-7H2,(H,27,28,30). The zero-order valence-corrected chi connectivity index (χ0v) is 16.8. The average Bonchev–Trinajstić information content (AvgIpc) is 3.50. The van der Waals surface area contributed by atoms with E-state index in [2.05, 4.69) is 19.7 Å². The van der Waals surface area contributed by atoms with Gasteiger partial charge in [0, 0.05) is 34.6 Å². The highest BCUT2D eigenvalue weighted by molar-refractivity contribution is 7.08. The summed E-state index contributed by atoms with van der Waals surface area (Å²) in [6.07, 6.45) is 0.0591.